The van der Waals surface area contributed by atoms with E-state index >= 15 is 0 Å². The SMILES string of the molecule is CCC1CCC(C)N1C(C)CNCC1CCCO1. The number of hydrogen-bond donors (Lipinski definition) is 1. The molecule has 4 unspecified atom stereocenters. The van der Waals surface area contributed by atoms with Crippen molar-refractivity contribution in [2.45, 2.75) is 77.1 Å². The Kier molecular flexibility index (Phi) is 5.46. The van der Waals surface area contributed by atoms with Crippen LogP contribution in [0, 0.1) is 0 Å². The average molecular weight is 254 g/mol. The van der Waals surface area contributed by atoms with E-state index in [2.05, 4.69) is 31.0 Å². The molecule has 2 aliphatic heterocycles. The highest BCUT2D eigenvalue weighted by Gasteiger charge is 2.32. The third-order valence-electron chi connectivity index (χ3n) is 4.66. The Labute approximate surface area is 112 Å². The van der Waals surface area contributed by atoms with Gasteiger partial charge >= 0.3 is 0 Å². The Morgan fingerprint density at radius 1 is 1.33 bits per heavy atom. The zero-order valence-corrected chi connectivity index (χ0v) is 12.3. The van der Waals surface area contributed by atoms with Crippen molar-refractivity contribution in [3.8, 4) is 0 Å². The maximum Gasteiger partial charge on any atom is 0.0700 e. The topological polar surface area (TPSA) is 24.5 Å². The molecule has 2 heterocycles. The van der Waals surface area contributed by atoms with Gasteiger partial charge in [0.1, 0.15) is 0 Å². The molecule has 2 fully saturated rings. The molecular weight excluding hydrogens is 224 g/mol. The van der Waals surface area contributed by atoms with Crippen molar-refractivity contribution < 1.29 is 4.74 Å². The maximum absolute atomic E-state index is 5.65. The quantitative estimate of drug-likeness (QED) is 0.788. The van der Waals surface area contributed by atoms with E-state index in [4.69, 9.17) is 4.74 Å². The molecule has 0 radical (unpaired) electrons. The van der Waals surface area contributed by atoms with Crippen LogP contribution in [0.5, 0.6) is 0 Å². The van der Waals surface area contributed by atoms with Crippen molar-refractivity contribution in [2.75, 3.05) is 19.7 Å². The van der Waals surface area contributed by atoms with E-state index in [1.807, 2.05) is 0 Å². The molecule has 1 N–H and O–H groups in total. The first-order chi connectivity index (χ1) is 8.72. The van der Waals surface area contributed by atoms with Gasteiger partial charge in [-0.25, -0.2) is 0 Å². The molecule has 0 bridgehead atoms. The monoisotopic (exact) mass is 254 g/mol. The largest absolute Gasteiger partial charge is 0.377 e. The Bertz CT molecular complexity index is 241. The van der Waals surface area contributed by atoms with E-state index in [9.17, 15) is 0 Å². The molecule has 0 aromatic carbocycles. The van der Waals surface area contributed by atoms with Gasteiger partial charge in [-0.05, 0) is 46.0 Å². The van der Waals surface area contributed by atoms with Crippen molar-refractivity contribution in [1.82, 2.24) is 10.2 Å². The summed E-state index contributed by atoms with van der Waals surface area (Å²) in [5.74, 6) is 0. The zero-order valence-electron chi connectivity index (χ0n) is 12.3. The lowest BCUT2D eigenvalue weighted by molar-refractivity contribution is 0.102. The van der Waals surface area contributed by atoms with Gasteiger partial charge in [0, 0.05) is 37.8 Å². The summed E-state index contributed by atoms with van der Waals surface area (Å²) in [6.45, 7) is 10.2. The smallest absolute Gasteiger partial charge is 0.0700 e. The number of likely N-dealkylation sites (tertiary alicyclic amines) is 1. The normalized spacial score (nSPS) is 35.2. The summed E-state index contributed by atoms with van der Waals surface area (Å²) in [4.78, 5) is 2.72. The summed E-state index contributed by atoms with van der Waals surface area (Å²) in [6.07, 6.45) is 6.99. The Morgan fingerprint density at radius 3 is 2.83 bits per heavy atom. The number of hydrogen-bond acceptors (Lipinski definition) is 3. The van der Waals surface area contributed by atoms with Crippen LogP contribution in [0.2, 0.25) is 0 Å². The zero-order chi connectivity index (χ0) is 13.0. The molecular formula is C15H30N2O. The molecule has 4 atom stereocenters. The van der Waals surface area contributed by atoms with Gasteiger partial charge in [0.15, 0.2) is 0 Å². The lowest BCUT2D eigenvalue weighted by Gasteiger charge is -2.34. The van der Waals surface area contributed by atoms with Crippen LogP contribution in [0.4, 0.5) is 0 Å². The fourth-order valence-corrected chi connectivity index (χ4v) is 3.66. The fraction of sp³-hybridized carbons (Fsp3) is 1.00. The lowest BCUT2D eigenvalue weighted by atomic mass is 10.1. The third-order valence-corrected chi connectivity index (χ3v) is 4.66. The first-order valence-electron chi connectivity index (χ1n) is 7.82. The van der Waals surface area contributed by atoms with Crippen LogP contribution in [-0.2, 0) is 4.74 Å². The van der Waals surface area contributed by atoms with Crippen LogP contribution >= 0.6 is 0 Å². The molecule has 0 aromatic heterocycles. The van der Waals surface area contributed by atoms with Gasteiger partial charge in [0.2, 0.25) is 0 Å². The highest BCUT2D eigenvalue weighted by molar-refractivity contribution is 4.88. The molecule has 3 nitrogen and oxygen atoms in total. The van der Waals surface area contributed by atoms with Crippen molar-refractivity contribution >= 4 is 0 Å². The van der Waals surface area contributed by atoms with Gasteiger partial charge in [0.05, 0.1) is 6.10 Å². The summed E-state index contributed by atoms with van der Waals surface area (Å²) in [5, 5.41) is 3.60. The van der Waals surface area contributed by atoms with Crippen LogP contribution in [0.3, 0.4) is 0 Å². The maximum atomic E-state index is 5.65. The summed E-state index contributed by atoms with van der Waals surface area (Å²) < 4.78 is 5.65. The molecule has 18 heavy (non-hydrogen) atoms. The molecule has 3 heteroatoms. The minimum absolute atomic E-state index is 0.468. The minimum Gasteiger partial charge on any atom is -0.377 e. The molecule has 0 aliphatic carbocycles. The van der Waals surface area contributed by atoms with Crippen LogP contribution < -0.4 is 5.32 Å². The highest BCUT2D eigenvalue weighted by Crippen LogP contribution is 2.27. The molecule has 0 amide bonds. The summed E-state index contributed by atoms with van der Waals surface area (Å²) in [7, 11) is 0. The van der Waals surface area contributed by atoms with Gasteiger partial charge in [-0.3, -0.25) is 4.90 Å². The lowest BCUT2D eigenvalue weighted by Crippen LogP contribution is -2.47. The second kappa shape index (κ2) is 6.88. The van der Waals surface area contributed by atoms with Crippen LogP contribution in [0.1, 0.15) is 52.9 Å². The Morgan fingerprint density at radius 2 is 2.17 bits per heavy atom. The standard InChI is InChI=1S/C15H30N2O/c1-4-14-8-7-12(2)17(14)13(3)10-16-11-15-6-5-9-18-15/h12-16H,4-11H2,1-3H3. The van der Waals surface area contributed by atoms with Crippen molar-refractivity contribution in [1.29, 1.82) is 0 Å². The summed E-state index contributed by atoms with van der Waals surface area (Å²) in [5.41, 5.74) is 0. The average Bonchev–Trinajstić information content (AvgIpc) is 2.98. The molecule has 0 spiro atoms. The van der Waals surface area contributed by atoms with Gasteiger partial charge < -0.3 is 10.1 Å². The van der Waals surface area contributed by atoms with Crippen molar-refractivity contribution in [3.05, 3.63) is 0 Å². The van der Waals surface area contributed by atoms with Gasteiger partial charge in [-0.15, -0.1) is 0 Å². The summed E-state index contributed by atoms with van der Waals surface area (Å²) >= 11 is 0. The predicted octanol–water partition coefficient (Wildman–Crippen LogP) is 2.41. The van der Waals surface area contributed by atoms with Crippen molar-refractivity contribution in [2.24, 2.45) is 0 Å². The molecule has 106 valence electrons. The van der Waals surface area contributed by atoms with Gasteiger partial charge in [-0.2, -0.15) is 0 Å². The minimum atomic E-state index is 0.468. The number of nitrogens with one attached hydrogen (secondary N) is 1. The summed E-state index contributed by atoms with van der Waals surface area (Å²) in [6, 6.07) is 2.21. The molecule has 2 rings (SSSR count). The molecule has 2 aliphatic rings. The predicted molar refractivity (Wildman–Crippen MR) is 75.9 cm³/mol. The van der Waals surface area contributed by atoms with E-state index in [-0.39, 0.29) is 0 Å². The molecule has 0 saturated carbocycles. The second-order valence-corrected chi connectivity index (χ2v) is 6.08. The van der Waals surface area contributed by atoms with Crippen LogP contribution in [-0.4, -0.2) is 48.8 Å². The Hall–Kier alpha value is -0.120. The van der Waals surface area contributed by atoms with E-state index in [0.717, 1.165) is 31.8 Å². The number of ether oxygens (including phenoxy) is 1. The van der Waals surface area contributed by atoms with E-state index in [1.54, 1.807) is 0 Å². The molecule has 2 saturated heterocycles. The first kappa shape index (κ1) is 14.3. The van der Waals surface area contributed by atoms with E-state index < -0.39 is 0 Å². The molecule has 0 aromatic rings. The number of nitrogens with zero attached hydrogens (tertiary/aromatic N) is 1. The van der Waals surface area contributed by atoms with Crippen LogP contribution in [0.25, 0.3) is 0 Å². The second-order valence-electron chi connectivity index (χ2n) is 6.08. The highest BCUT2D eigenvalue weighted by atomic mass is 16.5. The van der Waals surface area contributed by atoms with E-state index in [1.165, 1.54) is 32.1 Å². The van der Waals surface area contributed by atoms with Gasteiger partial charge in [0.25, 0.3) is 0 Å². The number of rotatable bonds is 6. The Balaban J connectivity index is 1.70. The fourth-order valence-electron chi connectivity index (χ4n) is 3.66. The van der Waals surface area contributed by atoms with Gasteiger partial charge in [-0.1, -0.05) is 6.92 Å². The third kappa shape index (κ3) is 3.46. The first-order valence-corrected chi connectivity index (χ1v) is 7.82. The van der Waals surface area contributed by atoms with Crippen molar-refractivity contribution in [3.63, 3.8) is 0 Å². The van der Waals surface area contributed by atoms with Crippen LogP contribution in [0.15, 0.2) is 0 Å². The van der Waals surface area contributed by atoms with E-state index in [0.29, 0.717) is 12.1 Å².